The van der Waals surface area contributed by atoms with E-state index in [0.717, 1.165) is 12.0 Å². The molecule has 0 radical (unpaired) electrons. The molecule has 1 aliphatic rings. The van der Waals surface area contributed by atoms with Gasteiger partial charge in [0.05, 0.1) is 18.2 Å². The van der Waals surface area contributed by atoms with E-state index in [0.29, 0.717) is 23.1 Å². The zero-order valence-electron chi connectivity index (χ0n) is 7.75. The molecule has 0 bridgehead atoms. The molecule has 76 valence electrons. The van der Waals surface area contributed by atoms with E-state index in [2.05, 4.69) is 0 Å². The standard InChI is InChI=1S/C9H10ClNO2S/c1-6-5-14-8(7(6)10)9(12)11-3-2-4-13-11/h5H,2-4H2,1H3. The molecule has 2 heterocycles. The largest absolute Gasteiger partial charge is 0.289 e. The van der Waals surface area contributed by atoms with Crippen molar-refractivity contribution in [2.24, 2.45) is 0 Å². The van der Waals surface area contributed by atoms with Gasteiger partial charge in [0, 0.05) is 0 Å². The summed E-state index contributed by atoms with van der Waals surface area (Å²) in [5.74, 6) is -0.120. The average molecular weight is 232 g/mol. The van der Waals surface area contributed by atoms with Gasteiger partial charge >= 0.3 is 0 Å². The Hall–Kier alpha value is -0.580. The van der Waals surface area contributed by atoms with Crippen molar-refractivity contribution >= 4 is 28.8 Å². The van der Waals surface area contributed by atoms with Crippen molar-refractivity contribution in [2.45, 2.75) is 13.3 Å². The average Bonchev–Trinajstić information content (AvgIpc) is 2.77. The minimum Gasteiger partial charge on any atom is -0.271 e. The number of thiophene rings is 1. The Morgan fingerprint density at radius 3 is 3.00 bits per heavy atom. The SMILES string of the molecule is Cc1csc(C(=O)N2CCCO2)c1Cl. The molecule has 0 N–H and O–H groups in total. The van der Waals surface area contributed by atoms with Gasteiger partial charge in [-0.05, 0) is 24.3 Å². The van der Waals surface area contributed by atoms with Gasteiger partial charge in [-0.25, -0.2) is 5.06 Å². The number of aryl methyl sites for hydroxylation is 1. The molecule has 14 heavy (non-hydrogen) atoms. The molecule has 0 aliphatic carbocycles. The molecule has 5 heteroatoms. The van der Waals surface area contributed by atoms with Crippen molar-refractivity contribution in [1.82, 2.24) is 5.06 Å². The van der Waals surface area contributed by atoms with E-state index in [-0.39, 0.29) is 5.91 Å². The summed E-state index contributed by atoms with van der Waals surface area (Å²) in [7, 11) is 0. The number of carbonyl (C=O) groups is 1. The summed E-state index contributed by atoms with van der Waals surface area (Å²) >= 11 is 7.36. The first-order chi connectivity index (χ1) is 6.70. The summed E-state index contributed by atoms with van der Waals surface area (Å²) in [6.45, 7) is 3.17. The highest BCUT2D eigenvalue weighted by atomic mass is 35.5. The normalized spacial score (nSPS) is 16.3. The van der Waals surface area contributed by atoms with E-state index in [4.69, 9.17) is 16.4 Å². The second kappa shape index (κ2) is 3.88. The Morgan fingerprint density at radius 1 is 1.71 bits per heavy atom. The van der Waals surface area contributed by atoms with Crippen LogP contribution >= 0.6 is 22.9 Å². The molecule has 1 aromatic rings. The van der Waals surface area contributed by atoms with E-state index in [9.17, 15) is 4.79 Å². The topological polar surface area (TPSA) is 29.5 Å². The molecule has 0 saturated carbocycles. The highest BCUT2D eigenvalue weighted by molar-refractivity contribution is 7.13. The Balaban J connectivity index is 2.22. The van der Waals surface area contributed by atoms with Crippen LogP contribution in [0, 0.1) is 6.92 Å². The fourth-order valence-corrected chi connectivity index (χ4v) is 2.51. The summed E-state index contributed by atoms with van der Waals surface area (Å²) in [4.78, 5) is 17.5. The van der Waals surface area contributed by atoms with Crippen LogP contribution in [0.15, 0.2) is 5.38 Å². The van der Waals surface area contributed by atoms with Crippen LogP contribution in [0.2, 0.25) is 5.02 Å². The van der Waals surface area contributed by atoms with E-state index in [1.165, 1.54) is 16.4 Å². The van der Waals surface area contributed by atoms with Crippen molar-refractivity contribution in [3.63, 3.8) is 0 Å². The van der Waals surface area contributed by atoms with Crippen molar-refractivity contribution < 1.29 is 9.63 Å². The summed E-state index contributed by atoms with van der Waals surface area (Å²) in [5.41, 5.74) is 0.944. The molecule has 1 aliphatic heterocycles. The monoisotopic (exact) mass is 231 g/mol. The molecule has 0 spiro atoms. The van der Waals surface area contributed by atoms with Gasteiger partial charge in [0.1, 0.15) is 4.88 Å². The second-order valence-corrected chi connectivity index (χ2v) is 4.41. The smallest absolute Gasteiger partial charge is 0.271 e. The predicted molar refractivity (Wildman–Crippen MR) is 55.7 cm³/mol. The maximum Gasteiger partial charge on any atom is 0.289 e. The van der Waals surface area contributed by atoms with Gasteiger partial charge in [-0.3, -0.25) is 9.63 Å². The highest BCUT2D eigenvalue weighted by Gasteiger charge is 2.24. The third kappa shape index (κ3) is 1.65. The van der Waals surface area contributed by atoms with Gasteiger partial charge in [0.25, 0.3) is 5.91 Å². The number of nitrogens with zero attached hydrogens (tertiary/aromatic N) is 1. The third-order valence-corrected chi connectivity index (χ3v) is 3.76. The van der Waals surface area contributed by atoms with E-state index in [1.807, 2.05) is 12.3 Å². The molecule has 1 amide bonds. The van der Waals surface area contributed by atoms with Crippen LogP contribution in [0.5, 0.6) is 0 Å². The van der Waals surface area contributed by atoms with Gasteiger partial charge < -0.3 is 0 Å². The van der Waals surface area contributed by atoms with Crippen molar-refractivity contribution in [3.05, 3.63) is 20.8 Å². The Morgan fingerprint density at radius 2 is 2.50 bits per heavy atom. The van der Waals surface area contributed by atoms with Crippen LogP contribution < -0.4 is 0 Å². The summed E-state index contributed by atoms with van der Waals surface area (Å²) < 4.78 is 0. The quantitative estimate of drug-likeness (QED) is 0.743. The van der Waals surface area contributed by atoms with E-state index < -0.39 is 0 Å². The zero-order chi connectivity index (χ0) is 10.1. The zero-order valence-corrected chi connectivity index (χ0v) is 9.32. The maximum atomic E-state index is 11.8. The molecule has 1 aromatic heterocycles. The van der Waals surface area contributed by atoms with Crippen molar-refractivity contribution in [3.8, 4) is 0 Å². The van der Waals surface area contributed by atoms with Gasteiger partial charge in [-0.15, -0.1) is 11.3 Å². The van der Waals surface area contributed by atoms with Gasteiger partial charge in [0.15, 0.2) is 0 Å². The van der Waals surface area contributed by atoms with E-state index >= 15 is 0 Å². The van der Waals surface area contributed by atoms with E-state index in [1.54, 1.807) is 0 Å². The van der Waals surface area contributed by atoms with Crippen LogP contribution in [0.25, 0.3) is 0 Å². The number of rotatable bonds is 1. The molecular weight excluding hydrogens is 222 g/mol. The number of hydroxylamine groups is 2. The molecule has 2 rings (SSSR count). The van der Waals surface area contributed by atoms with Crippen LogP contribution in [0.3, 0.4) is 0 Å². The van der Waals surface area contributed by atoms with Gasteiger partial charge in [-0.1, -0.05) is 11.6 Å². The van der Waals surface area contributed by atoms with Crippen molar-refractivity contribution in [2.75, 3.05) is 13.2 Å². The molecule has 3 nitrogen and oxygen atoms in total. The first kappa shape index (κ1) is 9.96. The lowest BCUT2D eigenvalue weighted by atomic mass is 10.3. The van der Waals surface area contributed by atoms with Gasteiger partial charge in [-0.2, -0.15) is 0 Å². The lowest BCUT2D eigenvalue weighted by Crippen LogP contribution is -2.25. The second-order valence-electron chi connectivity index (χ2n) is 3.16. The molecule has 0 unspecified atom stereocenters. The molecule has 0 aromatic carbocycles. The first-order valence-corrected chi connectivity index (χ1v) is 5.64. The maximum absolute atomic E-state index is 11.8. The fraction of sp³-hybridized carbons (Fsp3) is 0.444. The number of hydrogen-bond acceptors (Lipinski definition) is 3. The number of amides is 1. The number of hydrogen-bond donors (Lipinski definition) is 0. The summed E-state index contributed by atoms with van der Waals surface area (Å²) in [6, 6.07) is 0. The molecular formula is C9H10ClNO2S. The van der Waals surface area contributed by atoms with Crippen LogP contribution in [-0.4, -0.2) is 24.1 Å². The minimum atomic E-state index is -0.120. The predicted octanol–water partition coefficient (Wildman–Crippen LogP) is 2.49. The van der Waals surface area contributed by atoms with Crippen LogP contribution in [0.1, 0.15) is 21.7 Å². The van der Waals surface area contributed by atoms with Crippen molar-refractivity contribution in [1.29, 1.82) is 0 Å². The number of carbonyl (C=O) groups excluding carboxylic acids is 1. The number of halogens is 1. The molecule has 0 atom stereocenters. The summed E-state index contributed by atoms with van der Waals surface area (Å²) in [6.07, 6.45) is 0.897. The molecule has 1 fully saturated rings. The Bertz CT molecular complexity index is 358. The minimum absolute atomic E-state index is 0.120. The Kier molecular flexibility index (Phi) is 2.76. The van der Waals surface area contributed by atoms with Crippen LogP contribution in [-0.2, 0) is 4.84 Å². The first-order valence-electron chi connectivity index (χ1n) is 4.38. The van der Waals surface area contributed by atoms with Gasteiger partial charge in [0.2, 0.25) is 0 Å². The molecule has 1 saturated heterocycles. The lowest BCUT2D eigenvalue weighted by molar-refractivity contribution is -0.0765. The lowest BCUT2D eigenvalue weighted by Gasteiger charge is -2.12. The third-order valence-electron chi connectivity index (χ3n) is 2.07. The van der Waals surface area contributed by atoms with Crippen LogP contribution in [0.4, 0.5) is 0 Å². The summed E-state index contributed by atoms with van der Waals surface area (Å²) in [5, 5.41) is 3.82. The fourth-order valence-electron chi connectivity index (χ4n) is 1.30. The Labute approximate surface area is 91.2 Å². The highest BCUT2D eigenvalue weighted by Crippen LogP contribution is 2.28.